The van der Waals surface area contributed by atoms with E-state index in [1.807, 2.05) is 60.7 Å². The molecule has 0 bridgehead atoms. The van der Waals surface area contributed by atoms with Crippen LogP contribution in [0.2, 0.25) is 0 Å². The van der Waals surface area contributed by atoms with Crippen LogP contribution in [0.1, 0.15) is 0 Å². The lowest BCUT2D eigenvalue weighted by Crippen LogP contribution is -2.08. The molecule has 0 fully saturated rings. The molecular formula is C19H17NOS2. The van der Waals surface area contributed by atoms with Gasteiger partial charge in [0.05, 0.1) is 5.69 Å². The van der Waals surface area contributed by atoms with Gasteiger partial charge in [0.2, 0.25) is 0 Å². The molecule has 116 valence electrons. The first kappa shape index (κ1) is 15.8. The Bertz CT molecular complexity index is 693. The molecule has 0 aliphatic rings. The zero-order valence-corrected chi connectivity index (χ0v) is 14.1. The van der Waals surface area contributed by atoms with Crippen LogP contribution in [0.5, 0.6) is 5.75 Å². The Hall–Kier alpha value is -2.04. The number of para-hydroxylation sites is 2. The van der Waals surface area contributed by atoms with E-state index < -0.39 is 0 Å². The average Bonchev–Trinajstić information content (AvgIpc) is 2.59. The van der Waals surface area contributed by atoms with Gasteiger partial charge in [0, 0.05) is 9.79 Å². The van der Waals surface area contributed by atoms with Crippen LogP contribution in [-0.2, 0) is 0 Å². The molecular weight excluding hydrogens is 322 g/mol. The van der Waals surface area contributed by atoms with Crippen molar-refractivity contribution in [1.82, 2.24) is 0 Å². The van der Waals surface area contributed by atoms with Gasteiger partial charge in [-0.15, -0.1) is 0 Å². The molecule has 0 spiro atoms. The number of ether oxygens (including phenoxy) is 1. The highest BCUT2D eigenvalue weighted by molar-refractivity contribution is 8.16. The number of nitrogen functional groups attached to an aromatic ring is 1. The predicted molar refractivity (Wildman–Crippen MR) is 99.9 cm³/mol. The topological polar surface area (TPSA) is 35.2 Å². The number of thioether (sulfide) groups is 2. The van der Waals surface area contributed by atoms with Crippen molar-refractivity contribution in [3.05, 3.63) is 84.9 Å². The van der Waals surface area contributed by atoms with Gasteiger partial charge in [0.25, 0.3) is 0 Å². The minimum absolute atomic E-state index is 0.121. The predicted octanol–water partition coefficient (Wildman–Crippen LogP) is 5.52. The lowest BCUT2D eigenvalue weighted by Gasteiger charge is -2.19. The highest BCUT2D eigenvalue weighted by Gasteiger charge is 2.15. The lowest BCUT2D eigenvalue weighted by atomic mass is 10.3. The summed E-state index contributed by atoms with van der Waals surface area (Å²) in [7, 11) is 0. The van der Waals surface area contributed by atoms with Crippen LogP contribution in [0.4, 0.5) is 5.69 Å². The largest absolute Gasteiger partial charge is 0.467 e. The highest BCUT2D eigenvalue weighted by Crippen LogP contribution is 2.38. The molecule has 0 unspecified atom stereocenters. The molecule has 0 aliphatic heterocycles. The normalized spacial score (nSPS) is 10.7. The van der Waals surface area contributed by atoms with Crippen molar-refractivity contribution in [2.24, 2.45) is 0 Å². The summed E-state index contributed by atoms with van der Waals surface area (Å²) in [5.41, 5.74) is 6.66. The first-order valence-corrected chi connectivity index (χ1v) is 9.02. The van der Waals surface area contributed by atoms with Gasteiger partial charge in [0.1, 0.15) is 5.75 Å². The van der Waals surface area contributed by atoms with Crippen LogP contribution in [0, 0.1) is 0 Å². The Morgan fingerprint density at radius 2 is 1.13 bits per heavy atom. The summed E-state index contributed by atoms with van der Waals surface area (Å²) in [6.45, 7) is 0. The van der Waals surface area contributed by atoms with Crippen LogP contribution in [0.3, 0.4) is 0 Å². The molecule has 2 N–H and O–H groups in total. The Morgan fingerprint density at radius 1 is 0.652 bits per heavy atom. The van der Waals surface area contributed by atoms with E-state index in [0.29, 0.717) is 11.4 Å². The smallest absolute Gasteiger partial charge is 0.200 e. The maximum Gasteiger partial charge on any atom is 0.200 e. The number of rotatable bonds is 6. The van der Waals surface area contributed by atoms with Crippen molar-refractivity contribution in [2.75, 3.05) is 5.73 Å². The molecule has 0 atom stereocenters. The highest BCUT2D eigenvalue weighted by atomic mass is 32.2. The summed E-state index contributed by atoms with van der Waals surface area (Å²) in [4.78, 5) is 2.32. The Labute approximate surface area is 145 Å². The third-order valence-corrected chi connectivity index (χ3v) is 5.34. The molecule has 0 aliphatic carbocycles. The van der Waals surface area contributed by atoms with E-state index in [9.17, 15) is 0 Å². The quantitative estimate of drug-likeness (QED) is 0.364. The number of nitrogens with two attached hydrogens (primary N) is 1. The van der Waals surface area contributed by atoms with Crippen molar-refractivity contribution in [3.63, 3.8) is 0 Å². The minimum Gasteiger partial charge on any atom is -0.467 e. The molecule has 0 aromatic heterocycles. The van der Waals surface area contributed by atoms with Crippen LogP contribution in [-0.4, -0.2) is 4.77 Å². The van der Waals surface area contributed by atoms with Gasteiger partial charge in [-0.05, 0) is 36.4 Å². The molecule has 3 rings (SSSR count). The van der Waals surface area contributed by atoms with E-state index in [2.05, 4.69) is 24.3 Å². The van der Waals surface area contributed by atoms with E-state index >= 15 is 0 Å². The van der Waals surface area contributed by atoms with Crippen LogP contribution in [0.25, 0.3) is 0 Å². The zero-order chi connectivity index (χ0) is 15.9. The van der Waals surface area contributed by atoms with Crippen LogP contribution in [0.15, 0.2) is 94.7 Å². The second kappa shape index (κ2) is 7.99. The van der Waals surface area contributed by atoms with Gasteiger partial charge >= 0.3 is 0 Å². The maximum atomic E-state index is 6.15. The monoisotopic (exact) mass is 339 g/mol. The van der Waals surface area contributed by atoms with Gasteiger partial charge < -0.3 is 10.5 Å². The Kier molecular flexibility index (Phi) is 5.51. The summed E-state index contributed by atoms with van der Waals surface area (Å²) in [6, 6.07) is 28.1. The van der Waals surface area contributed by atoms with Crippen LogP contribution >= 0.6 is 23.5 Å². The van der Waals surface area contributed by atoms with Gasteiger partial charge in [-0.25, -0.2) is 0 Å². The molecule has 2 nitrogen and oxygen atoms in total. The number of hydrogen-bond donors (Lipinski definition) is 1. The molecule has 0 radical (unpaired) electrons. The fraction of sp³-hybridized carbons (Fsp3) is 0.0526. The summed E-state index contributed by atoms with van der Waals surface area (Å²) in [6.07, 6.45) is 0. The summed E-state index contributed by atoms with van der Waals surface area (Å²) < 4.78 is 6.03. The van der Waals surface area contributed by atoms with Gasteiger partial charge in [-0.3, -0.25) is 0 Å². The minimum atomic E-state index is -0.121. The second-order valence-electron chi connectivity index (χ2n) is 4.81. The first-order valence-electron chi connectivity index (χ1n) is 7.26. The molecule has 23 heavy (non-hydrogen) atoms. The van der Waals surface area contributed by atoms with E-state index in [0.717, 1.165) is 9.79 Å². The van der Waals surface area contributed by atoms with Crippen molar-refractivity contribution < 1.29 is 4.74 Å². The molecule has 4 heteroatoms. The van der Waals surface area contributed by atoms with Crippen molar-refractivity contribution in [2.45, 2.75) is 14.6 Å². The van der Waals surface area contributed by atoms with Crippen molar-refractivity contribution in [3.8, 4) is 5.75 Å². The van der Waals surface area contributed by atoms with Gasteiger partial charge in [0.15, 0.2) is 4.77 Å². The van der Waals surface area contributed by atoms with E-state index in [1.54, 1.807) is 23.5 Å². The third kappa shape index (κ3) is 4.71. The van der Waals surface area contributed by atoms with Crippen molar-refractivity contribution >= 4 is 29.2 Å². The van der Waals surface area contributed by atoms with Crippen LogP contribution < -0.4 is 10.5 Å². The molecule has 3 aromatic rings. The molecule has 0 saturated carbocycles. The van der Waals surface area contributed by atoms with Gasteiger partial charge in [-0.2, -0.15) is 0 Å². The van der Waals surface area contributed by atoms with E-state index in [1.165, 1.54) is 0 Å². The average molecular weight is 339 g/mol. The molecule has 0 heterocycles. The van der Waals surface area contributed by atoms with Crippen molar-refractivity contribution in [1.29, 1.82) is 0 Å². The molecule has 0 saturated heterocycles. The lowest BCUT2D eigenvalue weighted by molar-refractivity contribution is 0.367. The maximum absolute atomic E-state index is 6.15. The summed E-state index contributed by atoms with van der Waals surface area (Å²) in [5, 5.41) is 0. The third-order valence-electron chi connectivity index (χ3n) is 3.09. The van der Waals surface area contributed by atoms with E-state index in [-0.39, 0.29) is 4.77 Å². The number of hydrogen-bond acceptors (Lipinski definition) is 4. The van der Waals surface area contributed by atoms with E-state index in [4.69, 9.17) is 10.5 Å². The Morgan fingerprint density at radius 3 is 1.65 bits per heavy atom. The Balaban J connectivity index is 1.79. The fourth-order valence-electron chi connectivity index (χ4n) is 1.98. The number of benzene rings is 3. The SMILES string of the molecule is Nc1ccccc1OC(Sc1ccccc1)Sc1ccccc1. The summed E-state index contributed by atoms with van der Waals surface area (Å²) >= 11 is 3.34. The molecule has 0 amide bonds. The standard InChI is InChI=1S/C19H17NOS2/c20-17-13-7-8-14-18(17)21-19(22-15-9-3-1-4-10-15)23-16-11-5-2-6-12-16/h1-14,19H,20H2. The first-order chi connectivity index (χ1) is 11.3. The second-order valence-corrected chi connectivity index (χ2v) is 7.38. The number of anilines is 1. The zero-order valence-electron chi connectivity index (χ0n) is 12.5. The molecule has 3 aromatic carbocycles. The van der Waals surface area contributed by atoms with Gasteiger partial charge in [-0.1, -0.05) is 72.1 Å². The fourth-order valence-corrected chi connectivity index (χ4v) is 4.22. The summed E-state index contributed by atoms with van der Waals surface area (Å²) in [5.74, 6) is 0.712.